The van der Waals surface area contributed by atoms with E-state index in [9.17, 15) is 13.6 Å². The van der Waals surface area contributed by atoms with Crippen LogP contribution in [0, 0.1) is 0 Å². The van der Waals surface area contributed by atoms with E-state index in [1.54, 1.807) is 0 Å². The van der Waals surface area contributed by atoms with Crippen LogP contribution in [0.1, 0.15) is 8.35 Å². The van der Waals surface area contributed by atoms with Gasteiger partial charge >= 0.3 is 29.6 Å². The summed E-state index contributed by atoms with van der Waals surface area (Å²) in [4.78, 5) is 9.53. The molecule has 0 amide bonds. The minimum absolute atomic E-state index is 0. The van der Waals surface area contributed by atoms with Crippen molar-refractivity contribution < 1.29 is 44.5 Å². The molecule has 0 aliphatic rings. The third-order valence-electron chi connectivity index (χ3n) is 0.235. The molecule has 0 rings (SSSR count). The van der Waals surface area contributed by atoms with Gasteiger partial charge in [0.2, 0.25) is 5.12 Å². The Morgan fingerprint density at radius 2 is 2.00 bits per heavy atom. The Kier molecular flexibility index (Phi) is 7.54. The average molecular weight is 131 g/mol. The second-order valence-corrected chi connectivity index (χ2v) is 1.77. The first-order chi connectivity index (χ1) is 2.64. The van der Waals surface area contributed by atoms with E-state index in [2.05, 4.69) is 0 Å². The summed E-state index contributed by atoms with van der Waals surface area (Å²) < 4.78 is 18.7. The summed E-state index contributed by atoms with van der Waals surface area (Å²) in [5.74, 6) is 0. The minimum atomic E-state index is -2.51. The standard InChI is InChI=1S/C2H4O3S.Na.H/c1-2(3)6(4)5;;/h1H3,(H,4,5);;/q;+1;-1/p-1. The molecule has 0 spiro atoms. The fourth-order valence-corrected chi connectivity index (χ4v) is 0. The molecule has 0 N–H and O–H groups in total. The molecule has 0 aliphatic carbocycles. The largest absolute Gasteiger partial charge is 1.00 e. The molecule has 1 atom stereocenters. The van der Waals surface area contributed by atoms with Gasteiger partial charge in [0.05, 0.1) is 0 Å². The Bertz CT molecular complexity index is 83.3. The summed E-state index contributed by atoms with van der Waals surface area (Å²) in [5, 5.41) is -0.824. The van der Waals surface area contributed by atoms with Crippen molar-refractivity contribution in [1.29, 1.82) is 0 Å². The molecule has 3 nitrogen and oxygen atoms in total. The van der Waals surface area contributed by atoms with Crippen molar-refractivity contribution in [3.63, 3.8) is 0 Å². The molecule has 0 saturated carbocycles. The normalized spacial score (nSPS) is 11.7. The zero-order valence-electron chi connectivity index (χ0n) is 5.13. The Hall–Kier alpha value is 0.780. The fourth-order valence-electron chi connectivity index (χ4n) is 0. The molecule has 0 aliphatic heterocycles. The summed E-state index contributed by atoms with van der Waals surface area (Å²) in [7, 11) is 0. The average Bonchev–Trinajstić information content (AvgIpc) is 1.36. The van der Waals surface area contributed by atoms with Gasteiger partial charge in [-0.15, -0.1) is 0 Å². The maximum absolute atomic E-state index is 9.53. The molecular formula is C2H4NaO3S-. The van der Waals surface area contributed by atoms with Crippen molar-refractivity contribution in [2.45, 2.75) is 6.92 Å². The molecule has 0 fully saturated rings. The van der Waals surface area contributed by atoms with Gasteiger partial charge < -0.3 is 5.98 Å². The molecule has 0 aromatic carbocycles. The van der Waals surface area contributed by atoms with Crippen LogP contribution in [0.3, 0.4) is 0 Å². The fraction of sp³-hybridized carbons (Fsp3) is 0.500. The topological polar surface area (TPSA) is 57.2 Å². The van der Waals surface area contributed by atoms with Crippen LogP contribution in [0.25, 0.3) is 0 Å². The summed E-state index contributed by atoms with van der Waals surface area (Å²) in [6.07, 6.45) is 0. The quantitative estimate of drug-likeness (QED) is 0.253. The smallest absolute Gasteiger partial charge is 1.00 e. The predicted octanol–water partition coefficient (Wildman–Crippen LogP) is -3.47. The molecule has 0 aromatic rings. The van der Waals surface area contributed by atoms with Crippen molar-refractivity contribution in [1.82, 2.24) is 0 Å². The molecule has 0 radical (unpaired) electrons. The van der Waals surface area contributed by atoms with Gasteiger partial charge in [-0.2, -0.15) is 0 Å². The zero-order chi connectivity index (χ0) is 5.15. The first-order valence-electron chi connectivity index (χ1n) is 1.24. The van der Waals surface area contributed by atoms with Crippen LogP contribution >= 0.6 is 0 Å². The molecular weight excluding hydrogens is 127 g/mol. The predicted molar refractivity (Wildman–Crippen MR) is 20.7 cm³/mol. The third kappa shape index (κ3) is 6.78. The van der Waals surface area contributed by atoms with Crippen molar-refractivity contribution in [2.24, 2.45) is 0 Å². The van der Waals surface area contributed by atoms with E-state index >= 15 is 0 Å². The first-order valence-corrected chi connectivity index (χ1v) is 2.32. The molecule has 0 aromatic heterocycles. The van der Waals surface area contributed by atoms with Gasteiger partial charge in [0, 0.05) is 18.0 Å². The Morgan fingerprint density at radius 1 is 1.86 bits per heavy atom. The van der Waals surface area contributed by atoms with Crippen molar-refractivity contribution in [3.05, 3.63) is 0 Å². The first kappa shape index (κ1) is 10.7. The van der Waals surface area contributed by atoms with E-state index in [1.165, 1.54) is 0 Å². The molecule has 0 bridgehead atoms. The second kappa shape index (κ2) is 4.93. The molecule has 5 heteroatoms. The van der Waals surface area contributed by atoms with Crippen LogP contribution in [-0.2, 0) is 15.9 Å². The van der Waals surface area contributed by atoms with Crippen LogP contribution in [-0.4, -0.2) is 13.9 Å². The molecule has 7 heavy (non-hydrogen) atoms. The van der Waals surface area contributed by atoms with Crippen LogP contribution in [0.4, 0.5) is 0 Å². The summed E-state index contributed by atoms with van der Waals surface area (Å²) in [6, 6.07) is 0. The maximum atomic E-state index is 9.53. The third-order valence-corrected chi connectivity index (χ3v) is 0.704. The van der Waals surface area contributed by atoms with E-state index in [0.717, 1.165) is 6.92 Å². The molecule has 1 unspecified atom stereocenters. The van der Waals surface area contributed by atoms with Crippen LogP contribution in [0.2, 0.25) is 0 Å². The summed E-state index contributed by atoms with van der Waals surface area (Å²) in [6.45, 7) is 0.989. The van der Waals surface area contributed by atoms with Gasteiger partial charge in [0.25, 0.3) is 0 Å². The van der Waals surface area contributed by atoms with Crippen molar-refractivity contribution in [3.8, 4) is 0 Å². The Morgan fingerprint density at radius 3 is 2.00 bits per heavy atom. The number of carbonyl (C=O) groups is 1. The summed E-state index contributed by atoms with van der Waals surface area (Å²) >= 11 is -2.51. The maximum Gasteiger partial charge on any atom is 1.00 e. The van der Waals surface area contributed by atoms with Crippen LogP contribution in [0.15, 0.2) is 0 Å². The minimum Gasteiger partial charge on any atom is -1.00 e. The second-order valence-electron chi connectivity index (χ2n) is 0.726. The number of carbonyl (C=O) groups excluding carboxylic acids is 1. The van der Waals surface area contributed by atoms with E-state index < -0.39 is 16.2 Å². The molecule has 0 saturated heterocycles. The van der Waals surface area contributed by atoms with Gasteiger partial charge in [-0.3, -0.25) is 9.00 Å². The number of hydrogen-bond donors (Lipinski definition) is 0. The number of rotatable bonds is 0. The summed E-state index contributed by atoms with van der Waals surface area (Å²) in [5.41, 5.74) is 0. The molecule has 38 valence electrons. The van der Waals surface area contributed by atoms with E-state index in [-0.39, 0.29) is 31.0 Å². The van der Waals surface area contributed by atoms with Crippen molar-refractivity contribution in [2.75, 3.05) is 0 Å². The van der Waals surface area contributed by atoms with Gasteiger partial charge in [0.15, 0.2) is 0 Å². The van der Waals surface area contributed by atoms with Gasteiger partial charge in [0.1, 0.15) is 0 Å². The number of hydrogen-bond acceptors (Lipinski definition) is 3. The Balaban J connectivity index is -0.000000125. The van der Waals surface area contributed by atoms with Crippen molar-refractivity contribution >= 4 is 16.2 Å². The van der Waals surface area contributed by atoms with Gasteiger partial charge in [-0.1, -0.05) is 0 Å². The van der Waals surface area contributed by atoms with E-state index in [4.69, 9.17) is 0 Å². The monoisotopic (exact) mass is 131 g/mol. The van der Waals surface area contributed by atoms with Crippen LogP contribution in [0.5, 0.6) is 0 Å². The van der Waals surface area contributed by atoms with E-state index in [1.807, 2.05) is 0 Å². The Labute approximate surface area is 67.5 Å². The van der Waals surface area contributed by atoms with Gasteiger partial charge in [-0.25, -0.2) is 0 Å². The van der Waals surface area contributed by atoms with Gasteiger partial charge in [-0.05, 0) is 0 Å². The van der Waals surface area contributed by atoms with E-state index in [0.29, 0.717) is 0 Å². The van der Waals surface area contributed by atoms with Crippen LogP contribution < -0.4 is 29.6 Å². The zero-order valence-corrected chi connectivity index (χ0v) is 6.95. The molecule has 0 heterocycles. The SMILES string of the molecule is CC(=O)S(=O)[O-].[H-].[Na+].